The van der Waals surface area contributed by atoms with Crippen molar-refractivity contribution in [3.63, 3.8) is 0 Å². The molecule has 78 valence electrons. The molecule has 0 amide bonds. The number of rotatable bonds is 2. The molecule has 0 spiro atoms. The standard InChI is InChI=1S/C11H19N3/c1-3-14-7-6-13-11(14)10-8-12-5-4-9(10)2/h6-7,9-10,12H,3-5,8H2,1-2H3. The highest BCUT2D eigenvalue weighted by Gasteiger charge is 2.25. The second-order valence-electron chi connectivity index (χ2n) is 4.15. The molecule has 0 radical (unpaired) electrons. The van der Waals surface area contributed by atoms with Gasteiger partial charge >= 0.3 is 0 Å². The maximum absolute atomic E-state index is 4.48. The Morgan fingerprint density at radius 3 is 3.21 bits per heavy atom. The third-order valence-electron chi connectivity index (χ3n) is 3.25. The molecule has 0 aliphatic carbocycles. The van der Waals surface area contributed by atoms with Gasteiger partial charge in [0.1, 0.15) is 5.82 Å². The Hall–Kier alpha value is -0.830. The number of aromatic nitrogens is 2. The van der Waals surface area contributed by atoms with Gasteiger partial charge in [-0.2, -0.15) is 0 Å². The van der Waals surface area contributed by atoms with Gasteiger partial charge in [0.05, 0.1) is 0 Å². The summed E-state index contributed by atoms with van der Waals surface area (Å²) in [5, 5.41) is 3.45. The van der Waals surface area contributed by atoms with Crippen molar-refractivity contribution in [1.82, 2.24) is 14.9 Å². The summed E-state index contributed by atoms with van der Waals surface area (Å²) in [6.07, 6.45) is 5.26. The Morgan fingerprint density at radius 2 is 2.50 bits per heavy atom. The minimum atomic E-state index is 0.596. The van der Waals surface area contributed by atoms with Crippen LogP contribution in [0.3, 0.4) is 0 Å². The fourth-order valence-electron chi connectivity index (χ4n) is 2.25. The molecule has 14 heavy (non-hydrogen) atoms. The Bertz CT molecular complexity index is 292. The van der Waals surface area contributed by atoms with Crippen molar-refractivity contribution in [3.8, 4) is 0 Å². The summed E-state index contributed by atoms with van der Waals surface area (Å²) in [4.78, 5) is 4.48. The van der Waals surface area contributed by atoms with E-state index >= 15 is 0 Å². The van der Waals surface area contributed by atoms with Gasteiger partial charge in [-0.1, -0.05) is 6.92 Å². The van der Waals surface area contributed by atoms with Crippen LogP contribution in [0.25, 0.3) is 0 Å². The maximum atomic E-state index is 4.48. The van der Waals surface area contributed by atoms with Gasteiger partial charge in [-0.25, -0.2) is 4.98 Å². The van der Waals surface area contributed by atoms with Crippen LogP contribution in [0.2, 0.25) is 0 Å². The molecule has 1 aliphatic rings. The molecule has 2 rings (SSSR count). The van der Waals surface area contributed by atoms with Gasteiger partial charge in [0.2, 0.25) is 0 Å². The van der Waals surface area contributed by atoms with Crippen molar-refractivity contribution >= 4 is 0 Å². The van der Waals surface area contributed by atoms with E-state index in [9.17, 15) is 0 Å². The van der Waals surface area contributed by atoms with E-state index in [4.69, 9.17) is 0 Å². The van der Waals surface area contributed by atoms with E-state index in [0.29, 0.717) is 5.92 Å². The van der Waals surface area contributed by atoms with E-state index in [2.05, 4.69) is 34.9 Å². The van der Waals surface area contributed by atoms with Crippen molar-refractivity contribution in [1.29, 1.82) is 0 Å². The molecule has 1 N–H and O–H groups in total. The summed E-state index contributed by atoms with van der Waals surface area (Å²) in [6, 6.07) is 0. The Morgan fingerprint density at radius 1 is 1.64 bits per heavy atom. The molecule has 2 unspecified atom stereocenters. The normalized spacial score (nSPS) is 27.9. The van der Waals surface area contributed by atoms with Crippen LogP contribution >= 0.6 is 0 Å². The minimum Gasteiger partial charge on any atom is -0.335 e. The van der Waals surface area contributed by atoms with Crippen LogP contribution in [0, 0.1) is 5.92 Å². The molecule has 1 saturated heterocycles. The molecular formula is C11H19N3. The van der Waals surface area contributed by atoms with Crippen molar-refractivity contribution < 1.29 is 0 Å². The fourth-order valence-corrected chi connectivity index (χ4v) is 2.25. The molecule has 2 heterocycles. The highest BCUT2D eigenvalue weighted by Crippen LogP contribution is 2.27. The quantitative estimate of drug-likeness (QED) is 0.773. The highest BCUT2D eigenvalue weighted by molar-refractivity contribution is 5.04. The van der Waals surface area contributed by atoms with E-state index < -0.39 is 0 Å². The molecule has 3 nitrogen and oxygen atoms in total. The number of nitrogens with one attached hydrogen (secondary N) is 1. The number of hydrogen-bond donors (Lipinski definition) is 1. The minimum absolute atomic E-state index is 0.596. The van der Waals surface area contributed by atoms with Gasteiger partial charge < -0.3 is 9.88 Å². The van der Waals surface area contributed by atoms with Crippen molar-refractivity contribution in [2.45, 2.75) is 32.7 Å². The zero-order valence-corrected chi connectivity index (χ0v) is 9.03. The Labute approximate surface area is 85.5 Å². The van der Waals surface area contributed by atoms with Crippen LogP contribution in [0.5, 0.6) is 0 Å². The molecule has 1 aliphatic heterocycles. The summed E-state index contributed by atoms with van der Waals surface area (Å²) >= 11 is 0. The van der Waals surface area contributed by atoms with E-state index in [1.807, 2.05) is 6.20 Å². The lowest BCUT2D eigenvalue weighted by Crippen LogP contribution is -2.35. The van der Waals surface area contributed by atoms with Gasteiger partial charge in [0.25, 0.3) is 0 Å². The topological polar surface area (TPSA) is 29.9 Å². The molecule has 0 saturated carbocycles. The zero-order chi connectivity index (χ0) is 9.97. The second kappa shape index (κ2) is 4.13. The predicted molar refractivity (Wildman–Crippen MR) is 57.3 cm³/mol. The summed E-state index contributed by atoms with van der Waals surface area (Å²) in [5.74, 6) is 2.61. The van der Waals surface area contributed by atoms with Gasteiger partial charge in [0.15, 0.2) is 0 Å². The molecular weight excluding hydrogens is 174 g/mol. The summed E-state index contributed by atoms with van der Waals surface area (Å²) < 4.78 is 2.26. The average Bonchev–Trinajstić information content (AvgIpc) is 2.66. The average molecular weight is 193 g/mol. The van der Waals surface area contributed by atoms with E-state index in [0.717, 1.165) is 25.6 Å². The smallest absolute Gasteiger partial charge is 0.113 e. The fraction of sp³-hybridized carbons (Fsp3) is 0.727. The second-order valence-corrected chi connectivity index (χ2v) is 4.15. The van der Waals surface area contributed by atoms with E-state index in [-0.39, 0.29) is 0 Å². The third kappa shape index (κ3) is 1.69. The molecule has 0 aromatic carbocycles. The van der Waals surface area contributed by atoms with Gasteiger partial charge in [0, 0.05) is 31.4 Å². The first kappa shape index (κ1) is 9.71. The van der Waals surface area contributed by atoms with Crippen LogP contribution < -0.4 is 5.32 Å². The summed E-state index contributed by atoms with van der Waals surface area (Å²) in [6.45, 7) is 7.77. The van der Waals surface area contributed by atoms with Gasteiger partial charge in [-0.05, 0) is 25.8 Å². The van der Waals surface area contributed by atoms with E-state index in [1.165, 1.54) is 12.2 Å². The summed E-state index contributed by atoms with van der Waals surface area (Å²) in [7, 11) is 0. The van der Waals surface area contributed by atoms with Crippen molar-refractivity contribution in [3.05, 3.63) is 18.2 Å². The highest BCUT2D eigenvalue weighted by atomic mass is 15.1. The Balaban J connectivity index is 2.20. The molecule has 1 fully saturated rings. The van der Waals surface area contributed by atoms with Gasteiger partial charge in [-0.3, -0.25) is 0 Å². The molecule has 3 heteroatoms. The largest absolute Gasteiger partial charge is 0.335 e. The predicted octanol–water partition coefficient (Wildman–Crippen LogP) is 1.62. The first-order valence-corrected chi connectivity index (χ1v) is 5.54. The molecule has 2 atom stereocenters. The van der Waals surface area contributed by atoms with Crippen LogP contribution in [0.4, 0.5) is 0 Å². The number of piperidine rings is 1. The van der Waals surface area contributed by atoms with Crippen molar-refractivity contribution in [2.24, 2.45) is 5.92 Å². The SMILES string of the molecule is CCn1ccnc1C1CNCCC1C. The van der Waals surface area contributed by atoms with Crippen LogP contribution in [0.15, 0.2) is 12.4 Å². The van der Waals surface area contributed by atoms with Crippen LogP contribution in [-0.2, 0) is 6.54 Å². The van der Waals surface area contributed by atoms with Crippen LogP contribution in [-0.4, -0.2) is 22.6 Å². The van der Waals surface area contributed by atoms with E-state index in [1.54, 1.807) is 0 Å². The van der Waals surface area contributed by atoms with Crippen molar-refractivity contribution in [2.75, 3.05) is 13.1 Å². The molecule has 0 bridgehead atoms. The Kier molecular flexibility index (Phi) is 2.87. The number of hydrogen-bond acceptors (Lipinski definition) is 2. The van der Waals surface area contributed by atoms with Crippen LogP contribution in [0.1, 0.15) is 32.0 Å². The summed E-state index contributed by atoms with van der Waals surface area (Å²) in [5.41, 5.74) is 0. The molecule has 1 aromatic rings. The number of aryl methyl sites for hydroxylation is 1. The lowest BCUT2D eigenvalue weighted by atomic mass is 9.87. The monoisotopic (exact) mass is 193 g/mol. The first-order valence-electron chi connectivity index (χ1n) is 5.54. The van der Waals surface area contributed by atoms with Gasteiger partial charge in [-0.15, -0.1) is 0 Å². The number of nitrogens with zero attached hydrogens (tertiary/aromatic N) is 2. The maximum Gasteiger partial charge on any atom is 0.113 e. The lowest BCUT2D eigenvalue weighted by Gasteiger charge is -2.29. The molecule has 1 aromatic heterocycles. The third-order valence-corrected chi connectivity index (χ3v) is 3.25. The lowest BCUT2D eigenvalue weighted by molar-refractivity contribution is 0.330. The number of imidazole rings is 1. The zero-order valence-electron chi connectivity index (χ0n) is 9.03. The first-order chi connectivity index (χ1) is 6.83.